The molecule has 0 aliphatic rings. The molecule has 0 aliphatic carbocycles. The zero-order valence-electron chi connectivity index (χ0n) is 15.5. The second-order valence-corrected chi connectivity index (χ2v) is 6.96. The van der Waals surface area contributed by atoms with E-state index in [4.69, 9.17) is 14.2 Å². The van der Waals surface area contributed by atoms with Crippen molar-refractivity contribution in [2.24, 2.45) is 5.92 Å². The topological polar surface area (TPSA) is 73.9 Å². The highest BCUT2D eigenvalue weighted by Gasteiger charge is 2.18. The Morgan fingerprint density at radius 2 is 1.84 bits per heavy atom. The highest BCUT2D eigenvalue weighted by atomic mass is 16.6. The molecule has 1 aromatic rings. The molecule has 0 radical (unpaired) electrons. The van der Waals surface area contributed by atoms with Crippen LogP contribution >= 0.6 is 0 Å². The van der Waals surface area contributed by atoms with Crippen molar-refractivity contribution in [1.82, 2.24) is 5.32 Å². The van der Waals surface area contributed by atoms with Crippen molar-refractivity contribution >= 4 is 12.1 Å². The van der Waals surface area contributed by atoms with Gasteiger partial charge >= 0.3 is 12.1 Å². The first-order valence-electron chi connectivity index (χ1n) is 8.50. The molecular weight excluding hydrogens is 322 g/mol. The van der Waals surface area contributed by atoms with Crippen LogP contribution in [0.2, 0.25) is 0 Å². The van der Waals surface area contributed by atoms with Crippen LogP contribution in [0.15, 0.2) is 30.3 Å². The maximum absolute atomic E-state index is 11.7. The first-order chi connectivity index (χ1) is 11.8. The molecule has 1 amide bonds. The van der Waals surface area contributed by atoms with Gasteiger partial charge in [-0.2, -0.15) is 0 Å². The van der Waals surface area contributed by atoms with E-state index in [1.54, 1.807) is 0 Å². The minimum Gasteiger partial charge on any atom is -0.460 e. The van der Waals surface area contributed by atoms with Gasteiger partial charge in [0.2, 0.25) is 0 Å². The fourth-order valence-electron chi connectivity index (χ4n) is 2.01. The molecule has 0 spiro atoms. The van der Waals surface area contributed by atoms with Crippen LogP contribution < -0.4 is 5.32 Å². The predicted molar refractivity (Wildman–Crippen MR) is 95.1 cm³/mol. The van der Waals surface area contributed by atoms with Gasteiger partial charge in [0.1, 0.15) is 12.2 Å². The fraction of sp³-hybridized carbons (Fsp3) is 0.579. The molecule has 0 fully saturated rings. The third-order valence-electron chi connectivity index (χ3n) is 3.07. The number of hydrogen-bond acceptors (Lipinski definition) is 5. The zero-order valence-corrected chi connectivity index (χ0v) is 15.5. The van der Waals surface area contributed by atoms with Crippen molar-refractivity contribution < 1.29 is 23.8 Å². The molecule has 1 rings (SSSR count). The average molecular weight is 351 g/mol. The lowest BCUT2D eigenvalue weighted by molar-refractivity contribution is -0.156. The van der Waals surface area contributed by atoms with Crippen molar-refractivity contribution in [2.45, 2.75) is 46.3 Å². The lowest BCUT2D eigenvalue weighted by Crippen LogP contribution is -2.29. The highest BCUT2D eigenvalue weighted by Crippen LogP contribution is 2.11. The third-order valence-corrected chi connectivity index (χ3v) is 3.07. The number of esters is 1. The summed E-state index contributed by atoms with van der Waals surface area (Å²) in [5.41, 5.74) is 0.465. The Bertz CT molecular complexity index is 524. The van der Waals surface area contributed by atoms with Crippen LogP contribution in [0.1, 0.15) is 39.7 Å². The van der Waals surface area contributed by atoms with Crippen LogP contribution in [0.25, 0.3) is 0 Å². The standard InChI is InChI=1S/C19H29NO5/c1-15(12-17(21)25-19(2,3)4)13-23-11-10-20-18(22)24-14-16-8-6-5-7-9-16/h5-9,15H,10-14H2,1-4H3,(H,20,22). The van der Waals surface area contributed by atoms with Gasteiger partial charge in [0.05, 0.1) is 13.0 Å². The molecule has 0 aliphatic heterocycles. The summed E-state index contributed by atoms with van der Waals surface area (Å²) in [5.74, 6) is -0.175. The van der Waals surface area contributed by atoms with Crippen LogP contribution in [0.5, 0.6) is 0 Å². The van der Waals surface area contributed by atoms with Gasteiger partial charge in [-0.25, -0.2) is 4.79 Å². The van der Waals surface area contributed by atoms with Crippen LogP contribution in [-0.2, 0) is 25.6 Å². The Balaban J connectivity index is 2.05. The molecule has 0 bridgehead atoms. The summed E-state index contributed by atoms with van der Waals surface area (Å²) >= 11 is 0. The minimum atomic E-state index is -0.478. The number of carbonyl (C=O) groups is 2. The highest BCUT2D eigenvalue weighted by molar-refractivity contribution is 5.70. The van der Waals surface area contributed by atoms with Crippen LogP contribution in [0.3, 0.4) is 0 Å². The smallest absolute Gasteiger partial charge is 0.407 e. The molecule has 6 heteroatoms. The lowest BCUT2D eigenvalue weighted by atomic mass is 10.1. The second-order valence-electron chi connectivity index (χ2n) is 6.96. The van der Waals surface area contributed by atoms with Crippen LogP contribution in [0, 0.1) is 5.92 Å². The molecule has 1 unspecified atom stereocenters. The first kappa shape index (κ1) is 21.0. The molecule has 0 saturated heterocycles. The molecule has 0 heterocycles. The van der Waals surface area contributed by atoms with E-state index in [0.717, 1.165) is 5.56 Å². The summed E-state index contributed by atoms with van der Waals surface area (Å²) in [7, 11) is 0. The van der Waals surface area contributed by atoms with Gasteiger partial charge in [-0.1, -0.05) is 37.3 Å². The Morgan fingerprint density at radius 1 is 1.16 bits per heavy atom. The number of nitrogens with one attached hydrogen (secondary N) is 1. The Morgan fingerprint density at radius 3 is 2.48 bits per heavy atom. The van der Waals surface area contributed by atoms with Gasteiger partial charge in [-0.05, 0) is 32.3 Å². The Kier molecular flexibility index (Phi) is 8.99. The number of rotatable bonds is 9. The predicted octanol–water partition coefficient (Wildman–Crippen LogP) is 3.30. The maximum atomic E-state index is 11.7. The number of ether oxygens (including phenoxy) is 3. The molecule has 0 saturated carbocycles. The largest absolute Gasteiger partial charge is 0.460 e. The zero-order chi connectivity index (χ0) is 18.7. The molecule has 25 heavy (non-hydrogen) atoms. The number of alkyl carbamates (subject to hydrolysis) is 1. The summed E-state index contributed by atoms with van der Waals surface area (Å²) in [5, 5.41) is 2.62. The molecule has 1 atom stereocenters. The van der Waals surface area contributed by atoms with Crippen molar-refractivity contribution in [3.63, 3.8) is 0 Å². The quantitative estimate of drug-likeness (QED) is 0.546. The monoisotopic (exact) mass is 351 g/mol. The Labute approximate surface area is 149 Å². The van der Waals surface area contributed by atoms with Crippen molar-refractivity contribution in [3.05, 3.63) is 35.9 Å². The minimum absolute atomic E-state index is 0.0554. The molecule has 140 valence electrons. The third kappa shape index (κ3) is 11.2. The molecular formula is C19H29NO5. The van der Waals surface area contributed by atoms with E-state index in [2.05, 4.69) is 5.32 Å². The SMILES string of the molecule is CC(COCCNC(=O)OCc1ccccc1)CC(=O)OC(C)(C)C. The van der Waals surface area contributed by atoms with Gasteiger partial charge in [0, 0.05) is 13.2 Å². The summed E-state index contributed by atoms with van der Waals surface area (Å²) in [6, 6.07) is 9.47. The van der Waals surface area contributed by atoms with E-state index < -0.39 is 11.7 Å². The summed E-state index contributed by atoms with van der Waals surface area (Å²) in [6.45, 7) is 8.83. The molecule has 6 nitrogen and oxygen atoms in total. The van der Waals surface area contributed by atoms with Crippen molar-refractivity contribution in [2.75, 3.05) is 19.8 Å². The van der Waals surface area contributed by atoms with E-state index in [-0.39, 0.29) is 18.5 Å². The van der Waals surface area contributed by atoms with Crippen molar-refractivity contribution in [3.8, 4) is 0 Å². The number of amides is 1. The normalized spacial score (nSPS) is 12.3. The molecule has 1 aromatic carbocycles. The summed E-state index contributed by atoms with van der Waals surface area (Å²) in [6.07, 6.45) is -0.168. The van der Waals surface area contributed by atoms with E-state index in [9.17, 15) is 9.59 Å². The number of hydrogen-bond donors (Lipinski definition) is 1. The second kappa shape index (κ2) is 10.7. The van der Waals surface area contributed by atoms with Gasteiger partial charge in [0.25, 0.3) is 0 Å². The van der Waals surface area contributed by atoms with Crippen LogP contribution in [-0.4, -0.2) is 37.4 Å². The molecule has 0 aromatic heterocycles. The Hall–Kier alpha value is -2.08. The fourth-order valence-corrected chi connectivity index (χ4v) is 2.01. The average Bonchev–Trinajstić information content (AvgIpc) is 2.51. The summed E-state index contributed by atoms with van der Waals surface area (Å²) < 4.78 is 15.8. The van der Waals surface area contributed by atoms with E-state index >= 15 is 0 Å². The summed E-state index contributed by atoms with van der Waals surface area (Å²) in [4.78, 5) is 23.2. The maximum Gasteiger partial charge on any atom is 0.407 e. The van der Waals surface area contributed by atoms with E-state index in [1.165, 1.54) is 0 Å². The van der Waals surface area contributed by atoms with Gasteiger partial charge in [-0.15, -0.1) is 0 Å². The van der Waals surface area contributed by atoms with E-state index in [1.807, 2.05) is 58.0 Å². The molecule has 1 N–H and O–H groups in total. The lowest BCUT2D eigenvalue weighted by Gasteiger charge is -2.21. The number of benzene rings is 1. The van der Waals surface area contributed by atoms with Gasteiger partial charge in [-0.3, -0.25) is 4.79 Å². The first-order valence-corrected chi connectivity index (χ1v) is 8.50. The van der Waals surface area contributed by atoms with E-state index in [0.29, 0.717) is 26.2 Å². The van der Waals surface area contributed by atoms with Crippen molar-refractivity contribution in [1.29, 1.82) is 0 Å². The van der Waals surface area contributed by atoms with Gasteiger partial charge < -0.3 is 19.5 Å². The van der Waals surface area contributed by atoms with Crippen LogP contribution in [0.4, 0.5) is 4.79 Å². The number of carbonyl (C=O) groups excluding carboxylic acids is 2. The van der Waals surface area contributed by atoms with Gasteiger partial charge in [0.15, 0.2) is 0 Å².